The molecule has 3 aromatic rings. The Kier molecular flexibility index (Phi) is 5.26. The Morgan fingerprint density at radius 3 is 2.56 bits per heavy atom. The van der Waals surface area contributed by atoms with Crippen molar-refractivity contribution in [2.75, 3.05) is 7.11 Å². The molecule has 0 aliphatic carbocycles. The van der Waals surface area contributed by atoms with E-state index in [1.54, 1.807) is 13.3 Å². The van der Waals surface area contributed by atoms with Gasteiger partial charge in [-0.3, -0.25) is 4.79 Å². The average Bonchev–Trinajstić information content (AvgIpc) is 3.11. The van der Waals surface area contributed by atoms with Gasteiger partial charge in [0.15, 0.2) is 0 Å². The molecule has 1 aromatic heterocycles. The minimum atomic E-state index is -0.148. The number of hydrogen-bond acceptors (Lipinski definition) is 3. The molecular formula is C20H19N3O2. The number of nitrogens with one attached hydrogen (secondary N) is 1. The maximum Gasteiger partial charge on any atom is 0.244 e. The third-order valence-electron chi connectivity index (χ3n) is 3.72. The van der Waals surface area contributed by atoms with E-state index in [0.29, 0.717) is 6.42 Å². The van der Waals surface area contributed by atoms with Crippen molar-refractivity contribution in [1.82, 2.24) is 9.99 Å². The summed E-state index contributed by atoms with van der Waals surface area (Å²) in [6.07, 6.45) is 3.87. The Morgan fingerprint density at radius 2 is 1.84 bits per heavy atom. The van der Waals surface area contributed by atoms with Crippen LogP contribution in [0.2, 0.25) is 0 Å². The molecule has 0 unspecified atom stereocenters. The van der Waals surface area contributed by atoms with E-state index < -0.39 is 0 Å². The number of carbonyl (C=O) groups excluding carboxylic acids is 1. The first-order valence-corrected chi connectivity index (χ1v) is 7.94. The van der Waals surface area contributed by atoms with E-state index in [1.165, 1.54) is 0 Å². The number of ether oxygens (including phenoxy) is 1. The van der Waals surface area contributed by atoms with Crippen molar-refractivity contribution in [1.29, 1.82) is 0 Å². The molecule has 0 saturated heterocycles. The number of methoxy groups -OCH3 is 1. The number of hydrogen-bond donors (Lipinski definition) is 1. The molecule has 0 saturated carbocycles. The van der Waals surface area contributed by atoms with Crippen molar-refractivity contribution in [2.24, 2.45) is 5.10 Å². The maximum atomic E-state index is 11.9. The van der Waals surface area contributed by atoms with Crippen LogP contribution in [-0.4, -0.2) is 23.8 Å². The van der Waals surface area contributed by atoms with Crippen LogP contribution in [0.1, 0.15) is 11.3 Å². The van der Waals surface area contributed by atoms with Crippen LogP contribution in [0.15, 0.2) is 78.0 Å². The molecule has 126 valence electrons. The molecular weight excluding hydrogens is 314 g/mol. The van der Waals surface area contributed by atoms with Crippen LogP contribution in [0.3, 0.4) is 0 Å². The molecule has 0 aliphatic heterocycles. The van der Waals surface area contributed by atoms with Gasteiger partial charge in [-0.2, -0.15) is 5.10 Å². The molecule has 1 heterocycles. The summed E-state index contributed by atoms with van der Waals surface area (Å²) in [5.74, 6) is 0.657. The number of amides is 1. The van der Waals surface area contributed by atoms with E-state index in [0.717, 1.165) is 22.7 Å². The third-order valence-corrected chi connectivity index (χ3v) is 3.72. The summed E-state index contributed by atoms with van der Waals surface area (Å²) in [5, 5.41) is 4.06. The van der Waals surface area contributed by atoms with Gasteiger partial charge in [0.1, 0.15) is 5.75 Å². The lowest BCUT2D eigenvalue weighted by molar-refractivity contribution is -0.120. The molecule has 25 heavy (non-hydrogen) atoms. The molecule has 0 aliphatic rings. The number of hydrazone groups is 1. The maximum absolute atomic E-state index is 11.9. The highest BCUT2D eigenvalue weighted by molar-refractivity contribution is 5.82. The summed E-state index contributed by atoms with van der Waals surface area (Å²) in [5.41, 5.74) is 5.37. The zero-order valence-electron chi connectivity index (χ0n) is 13.9. The van der Waals surface area contributed by atoms with E-state index in [4.69, 9.17) is 4.74 Å². The van der Waals surface area contributed by atoms with Gasteiger partial charge in [0.25, 0.3) is 0 Å². The van der Waals surface area contributed by atoms with Crippen molar-refractivity contribution < 1.29 is 9.53 Å². The van der Waals surface area contributed by atoms with Gasteiger partial charge in [-0.1, -0.05) is 30.3 Å². The molecule has 0 fully saturated rings. The van der Waals surface area contributed by atoms with Gasteiger partial charge in [-0.15, -0.1) is 0 Å². The number of nitrogens with zero attached hydrogens (tertiary/aromatic N) is 2. The Hall–Kier alpha value is -3.34. The highest BCUT2D eigenvalue weighted by Gasteiger charge is 2.03. The van der Waals surface area contributed by atoms with Crippen molar-refractivity contribution in [2.45, 2.75) is 6.42 Å². The molecule has 1 amide bonds. The highest BCUT2D eigenvalue weighted by atomic mass is 16.5. The topological polar surface area (TPSA) is 55.6 Å². The summed E-state index contributed by atoms with van der Waals surface area (Å²) < 4.78 is 7.15. The number of rotatable bonds is 6. The molecule has 5 heteroatoms. The van der Waals surface area contributed by atoms with Crippen LogP contribution in [0.5, 0.6) is 5.75 Å². The largest absolute Gasteiger partial charge is 0.497 e. The van der Waals surface area contributed by atoms with E-state index in [-0.39, 0.29) is 5.91 Å². The Balaban J connectivity index is 1.64. The van der Waals surface area contributed by atoms with Gasteiger partial charge < -0.3 is 9.30 Å². The van der Waals surface area contributed by atoms with Crippen LogP contribution in [-0.2, 0) is 11.2 Å². The second-order valence-corrected chi connectivity index (χ2v) is 5.46. The number of benzene rings is 2. The molecule has 3 rings (SSSR count). The average molecular weight is 333 g/mol. The Morgan fingerprint density at radius 1 is 1.08 bits per heavy atom. The minimum absolute atomic E-state index is 0.148. The first-order chi connectivity index (χ1) is 12.3. The van der Waals surface area contributed by atoms with Gasteiger partial charge in [0.2, 0.25) is 5.91 Å². The van der Waals surface area contributed by atoms with Gasteiger partial charge in [0.05, 0.1) is 25.4 Å². The van der Waals surface area contributed by atoms with Crippen molar-refractivity contribution in [3.63, 3.8) is 0 Å². The lowest BCUT2D eigenvalue weighted by Gasteiger charge is -2.07. The first kappa shape index (κ1) is 16.5. The van der Waals surface area contributed by atoms with Crippen LogP contribution in [0.4, 0.5) is 0 Å². The molecule has 0 radical (unpaired) electrons. The lowest BCUT2D eigenvalue weighted by atomic mass is 10.1. The fraction of sp³-hybridized carbons (Fsp3) is 0.100. The second kappa shape index (κ2) is 7.97. The van der Waals surface area contributed by atoms with Gasteiger partial charge >= 0.3 is 0 Å². The van der Waals surface area contributed by atoms with Crippen molar-refractivity contribution in [3.05, 3.63) is 84.2 Å². The van der Waals surface area contributed by atoms with Crippen LogP contribution in [0, 0.1) is 0 Å². The van der Waals surface area contributed by atoms with Crippen molar-refractivity contribution in [3.8, 4) is 11.4 Å². The summed E-state index contributed by atoms with van der Waals surface area (Å²) >= 11 is 0. The van der Waals surface area contributed by atoms with E-state index in [9.17, 15) is 4.79 Å². The fourth-order valence-corrected chi connectivity index (χ4v) is 2.47. The first-order valence-electron chi connectivity index (χ1n) is 7.94. The van der Waals surface area contributed by atoms with Gasteiger partial charge in [0, 0.05) is 11.9 Å². The van der Waals surface area contributed by atoms with E-state index in [2.05, 4.69) is 10.5 Å². The Labute approximate surface area is 146 Å². The van der Waals surface area contributed by atoms with Crippen LogP contribution in [0.25, 0.3) is 5.69 Å². The highest BCUT2D eigenvalue weighted by Crippen LogP contribution is 2.16. The summed E-state index contributed by atoms with van der Waals surface area (Å²) in [7, 11) is 1.64. The number of carbonyl (C=O) groups is 1. The molecule has 1 N–H and O–H groups in total. The zero-order valence-corrected chi connectivity index (χ0v) is 13.9. The zero-order chi connectivity index (χ0) is 17.5. The standard InChI is InChI=1S/C20H19N3O2/c1-25-19-11-9-17(10-12-19)23-13-5-8-18(23)15-21-22-20(24)14-16-6-3-2-4-7-16/h2-13,15H,14H2,1H3,(H,22,24)/b21-15-. The quantitative estimate of drug-likeness (QED) is 0.556. The smallest absolute Gasteiger partial charge is 0.244 e. The third kappa shape index (κ3) is 4.35. The van der Waals surface area contributed by atoms with E-state index in [1.807, 2.05) is 77.5 Å². The Bertz CT molecular complexity index is 852. The van der Waals surface area contributed by atoms with E-state index >= 15 is 0 Å². The molecule has 0 atom stereocenters. The molecule has 0 bridgehead atoms. The summed E-state index contributed by atoms with van der Waals surface area (Å²) in [6.45, 7) is 0. The summed E-state index contributed by atoms with van der Waals surface area (Å²) in [4.78, 5) is 11.9. The lowest BCUT2D eigenvalue weighted by Crippen LogP contribution is -2.19. The van der Waals surface area contributed by atoms with Crippen LogP contribution >= 0.6 is 0 Å². The number of aromatic nitrogens is 1. The summed E-state index contributed by atoms with van der Waals surface area (Å²) in [6, 6.07) is 21.2. The predicted octanol–water partition coefficient (Wildman–Crippen LogP) is 3.18. The normalized spacial score (nSPS) is 10.8. The minimum Gasteiger partial charge on any atom is -0.497 e. The molecule has 2 aromatic carbocycles. The van der Waals surface area contributed by atoms with Gasteiger partial charge in [-0.25, -0.2) is 5.43 Å². The van der Waals surface area contributed by atoms with Crippen LogP contribution < -0.4 is 10.2 Å². The monoisotopic (exact) mass is 333 g/mol. The molecule has 0 spiro atoms. The fourth-order valence-electron chi connectivity index (χ4n) is 2.47. The predicted molar refractivity (Wildman–Crippen MR) is 98.2 cm³/mol. The second-order valence-electron chi connectivity index (χ2n) is 5.46. The van der Waals surface area contributed by atoms with Crippen molar-refractivity contribution >= 4 is 12.1 Å². The molecule has 5 nitrogen and oxygen atoms in total. The van der Waals surface area contributed by atoms with Gasteiger partial charge in [-0.05, 0) is 42.0 Å². The SMILES string of the molecule is COc1ccc(-n2cccc2/C=N\NC(=O)Cc2ccccc2)cc1.